The maximum Gasteiger partial charge on any atom is 0.371 e. The highest BCUT2D eigenvalue weighted by molar-refractivity contribution is 5.97. The van der Waals surface area contributed by atoms with Gasteiger partial charge in [-0.15, -0.1) is 0 Å². The molecule has 0 amide bonds. The van der Waals surface area contributed by atoms with Crippen LogP contribution in [0.4, 0.5) is 0 Å². The molecule has 16 heavy (non-hydrogen) atoms. The van der Waals surface area contributed by atoms with Gasteiger partial charge in [-0.1, -0.05) is 13.3 Å². The molecule has 86 valence electrons. The normalized spacial score (nSPS) is 24.6. The maximum absolute atomic E-state index is 12.0. The number of carboxylic acids is 1. The molecule has 0 radical (unpaired) electrons. The Morgan fingerprint density at radius 1 is 1.31 bits per heavy atom. The van der Waals surface area contributed by atoms with Crippen LogP contribution in [0, 0.1) is 11.8 Å². The zero-order chi connectivity index (χ0) is 11.7. The van der Waals surface area contributed by atoms with Crippen molar-refractivity contribution in [2.75, 3.05) is 0 Å². The molecule has 0 aliphatic heterocycles. The van der Waals surface area contributed by atoms with Gasteiger partial charge in [-0.3, -0.25) is 4.79 Å². The average molecular weight is 222 g/mol. The Hall–Kier alpha value is -1.58. The van der Waals surface area contributed by atoms with E-state index in [4.69, 9.17) is 9.52 Å². The number of carbonyl (C=O) groups is 2. The summed E-state index contributed by atoms with van der Waals surface area (Å²) in [5.41, 5.74) is 0. The summed E-state index contributed by atoms with van der Waals surface area (Å²) in [6.45, 7) is 2.05. The SMILES string of the molecule is CC1CCCC1C(=O)c1ccc(C(=O)O)o1. The number of ketones is 1. The van der Waals surface area contributed by atoms with Crippen LogP contribution in [0.15, 0.2) is 16.5 Å². The molecule has 2 atom stereocenters. The van der Waals surface area contributed by atoms with Gasteiger partial charge in [0.15, 0.2) is 5.76 Å². The van der Waals surface area contributed by atoms with Gasteiger partial charge < -0.3 is 9.52 Å². The third-order valence-electron chi connectivity index (χ3n) is 3.26. The number of hydrogen-bond donors (Lipinski definition) is 1. The second kappa shape index (κ2) is 4.12. The second-order valence-corrected chi connectivity index (χ2v) is 4.35. The first-order chi connectivity index (χ1) is 7.59. The molecule has 0 saturated heterocycles. The molecular weight excluding hydrogens is 208 g/mol. The van der Waals surface area contributed by atoms with E-state index in [-0.39, 0.29) is 23.2 Å². The largest absolute Gasteiger partial charge is 0.475 e. The first kappa shape index (κ1) is 10.9. The molecule has 1 aliphatic rings. The van der Waals surface area contributed by atoms with E-state index in [1.807, 2.05) is 0 Å². The van der Waals surface area contributed by atoms with E-state index in [0.717, 1.165) is 19.3 Å². The highest BCUT2D eigenvalue weighted by Gasteiger charge is 2.32. The third kappa shape index (κ3) is 1.87. The summed E-state index contributed by atoms with van der Waals surface area (Å²) in [4.78, 5) is 22.6. The summed E-state index contributed by atoms with van der Waals surface area (Å²) in [6, 6.07) is 2.78. The molecule has 0 spiro atoms. The quantitative estimate of drug-likeness (QED) is 0.798. The molecule has 2 rings (SSSR count). The van der Waals surface area contributed by atoms with Crippen LogP contribution in [-0.2, 0) is 0 Å². The van der Waals surface area contributed by atoms with Crippen LogP contribution in [-0.4, -0.2) is 16.9 Å². The lowest BCUT2D eigenvalue weighted by molar-refractivity contribution is 0.0658. The van der Waals surface area contributed by atoms with Gasteiger partial charge in [0, 0.05) is 5.92 Å². The van der Waals surface area contributed by atoms with Crippen LogP contribution in [0.1, 0.15) is 47.3 Å². The average Bonchev–Trinajstić information content (AvgIpc) is 2.84. The number of carboxylic acid groups (broad SMARTS) is 1. The number of hydrogen-bond acceptors (Lipinski definition) is 3. The van der Waals surface area contributed by atoms with Gasteiger partial charge in [0.2, 0.25) is 11.5 Å². The van der Waals surface area contributed by atoms with E-state index in [9.17, 15) is 9.59 Å². The van der Waals surface area contributed by atoms with Crippen molar-refractivity contribution in [1.29, 1.82) is 0 Å². The van der Waals surface area contributed by atoms with E-state index in [2.05, 4.69) is 6.92 Å². The predicted molar refractivity (Wildman–Crippen MR) is 56.5 cm³/mol. The fraction of sp³-hybridized carbons (Fsp3) is 0.500. The minimum absolute atomic E-state index is 0.00667. The monoisotopic (exact) mass is 222 g/mol. The van der Waals surface area contributed by atoms with Crippen LogP contribution >= 0.6 is 0 Å². The fourth-order valence-electron chi connectivity index (χ4n) is 2.30. The molecule has 4 nitrogen and oxygen atoms in total. The minimum atomic E-state index is -1.14. The predicted octanol–water partition coefficient (Wildman–Crippen LogP) is 2.60. The maximum atomic E-state index is 12.0. The van der Waals surface area contributed by atoms with Crippen molar-refractivity contribution in [3.63, 3.8) is 0 Å². The lowest BCUT2D eigenvalue weighted by Gasteiger charge is -2.11. The van der Waals surface area contributed by atoms with E-state index in [1.54, 1.807) is 0 Å². The number of carbonyl (C=O) groups excluding carboxylic acids is 1. The minimum Gasteiger partial charge on any atom is -0.475 e. The van der Waals surface area contributed by atoms with Crippen molar-refractivity contribution in [3.05, 3.63) is 23.7 Å². The van der Waals surface area contributed by atoms with Crippen molar-refractivity contribution < 1.29 is 19.1 Å². The first-order valence-electron chi connectivity index (χ1n) is 5.47. The van der Waals surface area contributed by atoms with Gasteiger partial charge in [0.05, 0.1) is 0 Å². The van der Waals surface area contributed by atoms with Crippen molar-refractivity contribution in [2.45, 2.75) is 26.2 Å². The molecule has 1 heterocycles. The lowest BCUT2D eigenvalue weighted by atomic mass is 9.92. The molecule has 1 N–H and O–H groups in total. The molecule has 1 aromatic rings. The molecule has 1 aromatic heterocycles. The van der Waals surface area contributed by atoms with E-state index >= 15 is 0 Å². The van der Waals surface area contributed by atoms with Crippen LogP contribution in [0.2, 0.25) is 0 Å². The number of rotatable bonds is 3. The highest BCUT2D eigenvalue weighted by Crippen LogP contribution is 2.33. The van der Waals surface area contributed by atoms with Gasteiger partial charge >= 0.3 is 5.97 Å². The third-order valence-corrected chi connectivity index (χ3v) is 3.26. The summed E-state index contributed by atoms with van der Waals surface area (Å²) in [5.74, 6) is -0.833. The number of aromatic carboxylic acids is 1. The molecule has 2 unspecified atom stereocenters. The molecular formula is C12H14O4. The van der Waals surface area contributed by atoms with Crippen molar-refractivity contribution >= 4 is 11.8 Å². The molecule has 1 fully saturated rings. The van der Waals surface area contributed by atoms with Crippen molar-refractivity contribution in [2.24, 2.45) is 11.8 Å². The zero-order valence-electron chi connectivity index (χ0n) is 9.10. The molecule has 0 aromatic carbocycles. The Balaban J connectivity index is 2.17. The van der Waals surface area contributed by atoms with E-state index in [1.165, 1.54) is 12.1 Å². The molecule has 1 saturated carbocycles. The molecule has 1 aliphatic carbocycles. The first-order valence-corrected chi connectivity index (χ1v) is 5.47. The zero-order valence-corrected chi connectivity index (χ0v) is 9.10. The molecule has 0 bridgehead atoms. The fourth-order valence-corrected chi connectivity index (χ4v) is 2.30. The number of Topliss-reactive ketones (excluding diaryl/α,β-unsaturated/α-hetero) is 1. The van der Waals surface area contributed by atoms with E-state index < -0.39 is 5.97 Å². The molecule has 4 heteroatoms. The highest BCUT2D eigenvalue weighted by atomic mass is 16.4. The van der Waals surface area contributed by atoms with E-state index in [0.29, 0.717) is 5.92 Å². The Morgan fingerprint density at radius 2 is 2.00 bits per heavy atom. The lowest BCUT2D eigenvalue weighted by Crippen LogP contribution is -2.16. The van der Waals surface area contributed by atoms with Gasteiger partial charge in [-0.25, -0.2) is 4.79 Å². The smallest absolute Gasteiger partial charge is 0.371 e. The summed E-state index contributed by atoms with van der Waals surface area (Å²) in [6.07, 6.45) is 3.00. The summed E-state index contributed by atoms with van der Waals surface area (Å²) in [7, 11) is 0. The Morgan fingerprint density at radius 3 is 2.50 bits per heavy atom. The van der Waals surface area contributed by atoms with Crippen LogP contribution in [0.3, 0.4) is 0 Å². The second-order valence-electron chi connectivity index (χ2n) is 4.35. The summed E-state index contributed by atoms with van der Waals surface area (Å²) in [5, 5.41) is 8.69. The summed E-state index contributed by atoms with van der Waals surface area (Å²) < 4.78 is 5.02. The van der Waals surface area contributed by atoms with Gasteiger partial charge in [0.1, 0.15) is 0 Å². The number of furan rings is 1. The van der Waals surface area contributed by atoms with Crippen molar-refractivity contribution in [1.82, 2.24) is 0 Å². The Bertz CT molecular complexity index is 418. The van der Waals surface area contributed by atoms with Gasteiger partial charge in [0.25, 0.3) is 0 Å². The van der Waals surface area contributed by atoms with Crippen molar-refractivity contribution in [3.8, 4) is 0 Å². The Kier molecular flexibility index (Phi) is 2.81. The standard InChI is InChI=1S/C12H14O4/c1-7-3-2-4-8(7)11(13)9-5-6-10(16-9)12(14)15/h5-8H,2-4H2,1H3,(H,14,15). The van der Waals surface area contributed by atoms with Gasteiger partial charge in [-0.05, 0) is 30.9 Å². The summed E-state index contributed by atoms with van der Waals surface area (Å²) >= 11 is 0. The van der Waals surface area contributed by atoms with Crippen LogP contribution < -0.4 is 0 Å². The van der Waals surface area contributed by atoms with Gasteiger partial charge in [-0.2, -0.15) is 0 Å². The van der Waals surface area contributed by atoms with Crippen LogP contribution in [0.5, 0.6) is 0 Å². The topological polar surface area (TPSA) is 67.5 Å². The Labute approximate surface area is 93.3 Å². The van der Waals surface area contributed by atoms with Crippen LogP contribution in [0.25, 0.3) is 0 Å².